The first-order chi connectivity index (χ1) is 9.24. The zero-order valence-electron chi connectivity index (χ0n) is 11.3. The Morgan fingerprint density at radius 3 is 2.74 bits per heavy atom. The van der Waals surface area contributed by atoms with Crippen LogP contribution in [0, 0.1) is 0 Å². The summed E-state index contributed by atoms with van der Waals surface area (Å²) < 4.78 is 1.19. The molecule has 0 unspecified atom stereocenters. The van der Waals surface area contributed by atoms with Gasteiger partial charge in [0.25, 0.3) is 0 Å². The van der Waals surface area contributed by atoms with Gasteiger partial charge in [-0.15, -0.1) is 11.3 Å². The Balaban J connectivity index is 1.87. The maximum Gasteiger partial charge on any atom is 0.236 e. The lowest BCUT2D eigenvalue weighted by Crippen LogP contribution is -2.37. The van der Waals surface area contributed by atoms with Crippen LogP contribution in [0.3, 0.4) is 0 Å². The first-order valence-corrected chi connectivity index (χ1v) is 7.39. The summed E-state index contributed by atoms with van der Waals surface area (Å²) in [5, 5.41) is 4.19. The zero-order chi connectivity index (χ0) is 13.7. The third kappa shape index (κ3) is 3.52. The van der Waals surface area contributed by atoms with Gasteiger partial charge in [0.1, 0.15) is 5.01 Å². The van der Waals surface area contributed by atoms with E-state index in [1.165, 1.54) is 4.70 Å². The maximum atomic E-state index is 11.8. The second-order valence-electron chi connectivity index (χ2n) is 4.24. The van der Waals surface area contributed by atoms with Gasteiger partial charge >= 0.3 is 0 Å². The topological polar surface area (TPSA) is 45.2 Å². The van der Waals surface area contributed by atoms with Gasteiger partial charge in [0.15, 0.2) is 0 Å². The SMILES string of the molecule is CCN(CC)C(=O)CNCc1nc2ccccc2s1. The highest BCUT2D eigenvalue weighted by Gasteiger charge is 2.09. The number of likely N-dealkylation sites (N-methyl/N-ethyl adjacent to an activating group) is 1. The smallest absolute Gasteiger partial charge is 0.236 e. The summed E-state index contributed by atoms with van der Waals surface area (Å²) in [5.41, 5.74) is 1.03. The number of rotatable bonds is 6. The minimum Gasteiger partial charge on any atom is -0.342 e. The molecule has 1 N–H and O–H groups in total. The zero-order valence-corrected chi connectivity index (χ0v) is 12.2. The van der Waals surface area contributed by atoms with Crippen molar-refractivity contribution in [3.63, 3.8) is 0 Å². The largest absolute Gasteiger partial charge is 0.342 e. The molecule has 19 heavy (non-hydrogen) atoms. The Morgan fingerprint density at radius 2 is 2.05 bits per heavy atom. The molecule has 4 nitrogen and oxygen atoms in total. The van der Waals surface area contributed by atoms with Crippen LogP contribution in [0.5, 0.6) is 0 Å². The highest BCUT2D eigenvalue weighted by molar-refractivity contribution is 7.18. The molecule has 1 amide bonds. The number of para-hydroxylation sites is 1. The average Bonchev–Trinajstić information content (AvgIpc) is 2.82. The van der Waals surface area contributed by atoms with Crippen LogP contribution in [-0.2, 0) is 11.3 Å². The third-order valence-electron chi connectivity index (χ3n) is 3.01. The predicted octanol–water partition coefficient (Wildman–Crippen LogP) is 2.25. The summed E-state index contributed by atoms with van der Waals surface area (Å²) in [6.07, 6.45) is 0. The van der Waals surface area contributed by atoms with E-state index in [1.807, 2.05) is 36.9 Å². The number of hydrogen-bond donors (Lipinski definition) is 1. The van der Waals surface area contributed by atoms with E-state index >= 15 is 0 Å². The lowest BCUT2D eigenvalue weighted by Gasteiger charge is -2.18. The van der Waals surface area contributed by atoms with Crippen molar-refractivity contribution in [2.24, 2.45) is 0 Å². The number of aromatic nitrogens is 1. The van der Waals surface area contributed by atoms with Gasteiger partial charge < -0.3 is 10.2 Å². The number of carbonyl (C=O) groups is 1. The molecular weight excluding hydrogens is 258 g/mol. The molecule has 0 spiro atoms. The summed E-state index contributed by atoms with van der Waals surface area (Å²) in [5.74, 6) is 0.145. The number of nitrogens with zero attached hydrogens (tertiary/aromatic N) is 2. The fourth-order valence-electron chi connectivity index (χ4n) is 1.96. The van der Waals surface area contributed by atoms with E-state index in [0.29, 0.717) is 13.1 Å². The Kier molecular flexibility index (Phi) is 4.87. The predicted molar refractivity (Wildman–Crippen MR) is 79.3 cm³/mol. The van der Waals surface area contributed by atoms with E-state index in [-0.39, 0.29) is 5.91 Å². The average molecular weight is 277 g/mol. The van der Waals surface area contributed by atoms with E-state index < -0.39 is 0 Å². The monoisotopic (exact) mass is 277 g/mol. The summed E-state index contributed by atoms with van der Waals surface area (Å²) in [4.78, 5) is 18.2. The fraction of sp³-hybridized carbons (Fsp3) is 0.429. The first kappa shape index (κ1) is 14.0. The van der Waals surface area contributed by atoms with Gasteiger partial charge in [0.2, 0.25) is 5.91 Å². The van der Waals surface area contributed by atoms with Crippen molar-refractivity contribution in [3.8, 4) is 0 Å². The number of amides is 1. The molecule has 0 aliphatic carbocycles. The van der Waals surface area contributed by atoms with Crippen LogP contribution in [0.1, 0.15) is 18.9 Å². The molecule has 1 aromatic heterocycles. The van der Waals surface area contributed by atoms with Crippen molar-refractivity contribution in [1.82, 2.24) is 15.2 Å². The van der Waals surface area contributed by atoms with Crippen molar-refractivity contribution >= 4 is 27.5 Å². The minimum atomic E-state index is 0.145. The van der Waals surface area contributed by atoms with Crippen molar-refractivity contribution in [3.05, 3.63) is 29.3 Å². The van der Waals surface area contributed by atoms with Crippen molar-refractivity contribution in [2.45, 2.75) is 20.4 Å². The number of nitrogens with one attached hydrogen (secondary N) is 1. The Labute approximate surface area is 117 Å². The van der Waals surface area contributed by atoms with E-state index in [0.717, 1.165) is 23.6 Å². The second-order valence-corrected chi connectivity index (χ2v) is 5.36. The number of benzene rings is 1. The molecule has 0 aliphatic rings. The van der Waals surface area contributed by atoms with Crippen LogP contribution in [-0.4, -0.2) is 35.4 Å². The molecule has 0 aliphatic heterocycles. The maximum absolute atomic E-state index is 11.8. The normalized spacial score (nSPS) is 10.8. The van der Waals surface area contributed by atoms with Gasteiger partial charge in [-0.1, -0.05) is 12.1 Å². The molecule has 2 aromatic rings. The molecule has 1 heterocycles. The van der Waals surface area contributed by atoms with E-state index in [4.69, 9.17) is 0 Å². The fourth-order valence-corrected chi connectivity index (χ4v) is 2.90. The summed E-state index contributed by atoms with van der Waals surface area (Å²) >= 11 is 1.67. The quantitative estimate of drug-likeness (QED) is 0.881. The summed E-state index contributed by atoms with van der Waals surface area (Å²) in [6.45, 7) is 6.53. The highest BCUT2D eigenvalue weighted by Crippen LogP contribution is 2.21. The van der Waals surface area contributed by atoms with Crippen LogP contribution in [0.25, 0.3) is 10.2 Å². The minimum absolute atomic E-state index is 0.145. The Hall–Kier alpha value is -1.46. The van der Waals surface area contributed by atoms with Gasteiger partial charge in [-0.05, 0) is 26.0 Å². The van der Waals surface area contributed by atoms with Gasteiger partial charge in [-0.2, -0.15) is 0 Å². The van der Waals surface area contributed by atoms with E-state index in [2.05, 4.69) is 16.4 Å². The molecule has 102 valence electrons. The molecule has 0 saturated carbocycles. The molecule has 0 fully saturated rings. The molecular formula is C14H19N3OS. The van der Waals surface area contributed by atoms with Crippen molar-refractivity contribution < 1.29 is 4.79 Å². The molecule has 1 aromatic carbocycles. The second kappa shape index (κ2) is 6.63. The van der Waals surface area contributed by atoms with E-state index in [1.54, 1.807) is 11.3 Å². The molecule has 0 bridgehead atoms. The number of thiazole rings is 1. The number of fused-ring (bicyclic) bond motifs is 1. The van der Waals surface area contributed by atoms with Crippen molar-refractivity contribution in [1.29, 1.82) is 0 Å². The number of carbonyl (C=O) groups excluding carboxylic acids is 1. The lowest BCUT2D eigenvalue weighted by atomic mass is 10.3. The third-order valence-corrected chi connectivity index (χ3v) is 4.04. The Bertz CT molecular complexity index is 515. The molecule has 0 radical (unpaired) electrons. The van der Waals surface area contributed by atoms with Gasteiger partial charge in [0, 0.05) is 19.6 Å². The molecule has 2 rings (SSSR count). The number of hydrogen-bond acceptors (Lipinski definition) is 4. The lowest BCUT2D eigenvalue weighted by molar-refractivity contribution is -0.129. The molecule has 5 heteroatoms. The molecule has 0 atom stereocenters. The van der Waals surface area contributed by atoms with Crippen LogP contribution in [0.4, 0.5) is 0 Å². The van der Waals surface area contributed by atoms with Gasteiger partial charge in [-0.25, -0.2) is 4.98 Å². The standard InChI is InChI=1S/C14H19N3OS/c1-3-17(4-2)14(18)10-15-9-13-16-11-7-5-6-8-12(11)19-13/h5-8,15H,3-4,9-10H2,1-2H3. The van der Waals surface area contributed by atoms with Gasteiger partial charge in [0.05, 0.1) is 16.8 Å². The van der Waals surface area contributed by atoms with Crippen LogP contribution >= 0.6 is 11.3 Å². The van der Waals surface area contributed by atoms with Crippen LogP contribution in [0.15, 0.2) is 24.3 Å². The van der Waals surface area contributed by atoms with Crippen LogP contribution in [0.2, 0.25) is 0 Å². The Morgan fingerprint density at radius 1 is 1.32 bits per heavy atom. The highest BCUT2D eigenvalue weighted by atomic mass is 32.1. The van der Waals surface area contributed by atoms with Gasteiger partial charge in [-0.3, -0.25) is 4.79 Å². The van der Waals surface area contributed by atoms with Crippen LogP contribution < -0.4 is 5.32 Å². The van der Waals surface area contributed by atoms with Crippen molar-refractivity contribution in [2.75, 3.05) is 19.6 Å². The summed E-state index contributed by atoms with van der Waals surface area (Å²) in [7, 11) is 0. The summed E-state index contributed by atoms with van der Waals surface area (Å²) in [6, 6.07) is 8.08. The first-order valence-electron chi connectivity index (χ1n) is 6.57. The van der Waals surface area contributed by atoms with E-state index in [9.17, 15) is 4.79 Å². The molecule has 0 saturated heterocycles.